The Bertz CT molecular complexity index is 1190. The Hall–Kier alpha value is -3.42. The van der Waals surface area contributed by atoms with Crippen LogP contribution in [0.15, 0.2) is 72.8 Å². The van der Waals surface area contributed by atoms with Crippen LogP contribution in [0.2, 0.25) is 0 Å². The summed E-state index contributed by atoms with van der Waals surface area (Å²) in [4.78, 5) is 19.5. The number of fused-ring (bicyclic) bond motifs is 1. The molecular formula is C24H22N4O2S. The van der Waals surface area contributed by atoms with Crippen molar-refractivity contribution in [3.05, 3.63) is 78.4 Å². The fourth-order valence-corrected chi connectivity index (χ4v) is 4.47. The molecule has 0 unspecified atom stereocenters. The molecule has 0 bridgehead atoms. The summed E-state index contributed by atoms with van der Waals surface area (Å²) >= 11 is 1.53. The molecule has 1 aliphatic rings. The number of carbonyl (C=O) groups excluding carboxylic acids is 1. The van der Waals surface area contributed by atoms with Gasteiger partial charge in [0.1, 0.15) is 0 Å². The molecule has 156 valence electrons. The molecule has 1 aliphatic heterocycles. The highest BCUT2D eigenvalue weighted by atomic mass is 32.1. The molecular weight excluding hydrogens is 408 g/mol. The molecule has 7 heteroatoms. The van der Waals surface area contributed by atoms with E-state index in [-0.39, 0.29) is 5.91 Å². The van der Waals surface area contributed by atoms with Gasteiger partial charge in [0.2, 0.25) is 0 Å². The first kappa shape index (κ1) is 19.5. The van der Waals surface area contributed by atoms with Crippen LogP contribution in [0.3, 0.4) is 0 Å². The van der Waals surface area contributed by atoms with Crippen molar-refractivity contribution in [2.24, 2.45) is 0 Å². The first-order valence-corrected chi connectivity index (χ1v) is 11.0. The number of hydrogen-bond donors (Lipinski definition) is 2. The van der Waals surface area contributed by atoms with Crippen LogP contribution in [0, 0.1) is 0 Å². The monoisotopic (exact) mass is 430 g/mol. The molecule has 3 aromatic carbocycles. The average molecular weight is 431 g/mol. The van der Waals surface area contributed by atoms with Gasteiger partial charge >= 0.3 is 0 Å². The molecule has 0 atom stereocenters. The third kappa shape index (κ3) is 4.52. The number of nitrogens with one attached hydrogen (secondary N) is 2. The Morgan fingerprint density at radius 1 is 0.935 bits per heavy atom. The van der Waals surface area contributed by atoms with Crippen LogP contribution in [0.4, 0.5) is 22.2 Å². The zero-order valence-corrected chi connectivity index (χ0v) is 17.7. The summed E-state index contributed by atoms with van der Waals surface area (Å²) in [7, 11) is 0. The number of carbonyl (C=O) groups is 1. The number of ether oxygens (including phenoxy) is 1. The lowest BCUT2D eigenvalue weighted by molar-refractivity contribution is 0.102. The second-order valence-corrected chi connectivity index (χ2v) is 8.32. The van der Waals surface area contributed by atoms with Crippen LogP contribution >= 0.6 is 11.3 Å². The van der Waals surface area contributed by atoms with Crippen molar-refractivity contribution in [3.8, 4) is 0 Å². The highest BCUT2D eigenvalue weighted by molar-refractivity contribution is 7.22. The van der Waals surface area contributed by atoms with E-state index in [1.54, 1.807) is 6.07 Å². The summed E-state index contributed by atoms with van der Waals surface area (Å²) in [6.45, 7) is 3.39. The number of thiazole rings is 1. The minimum atomic E-state index is -0.130. The van der Waals surface area contributed by atoms with Gasteiger partial charge in [0.25, 0.3) is 5.91 Å². The third-order valence-corrected chi connectivity index (χ3v) is 6.11. The van der Waals surface area contributed by atoms with Crippen molar-refractivity contribution in [2.45, 2.75) is 0 Å². The fourth-order valence-electron chi connectivity index (χ4n) is 3.54. The first-order valence-electron chi connectivity index (χ1n) is 10.2. The summed E-state index contributed by atoms with van der Waals surface area (Å²) < 4.78 is 6.39. The molecule has 1 amide bonds. The second-order valence-electron chi connectivity index (χ2n) is 7.29. The number of benzene rings is 3. The number of hydrogen-bond acceptors (Lipinski definition) is 6. The standard InChI is InChI=1S/C24H22N4O2S/c29-23(25-18-4-2-1-3-5-18)17-6-11-21-22(16-17)31-24(27-21)26-19-7-9-20(10-8-19)28-12-14-30-15-13-28/h1-11,16H,12-15H2,(H,25,29)(H,26,27). The zero-order chi connectivity index (χ0) is 21.0. The highest BCUT2D eigenvalue weighted by Gasteiger charge is 2.12. The quantitative estimate of drug-likeness (QED) is 0.460. The van der Waals surface area contributed by atoms with E-state index in [9.17, 15) is 4.79 Å². The fraction of sp³-hybridized carbons (Fsp3) is 0.167. The highest BCUT2D eigenvalue weighted by Crippen LogP contribution is 2.30. The Morgan fingerprint density at radius 2 is 1.71 bits per heavy atom. The van der Waals surface area contributed by atoms with Gasteiger partial charge in [0.15, 0.2) is 5.13 Å². The predicted molar refractivity (Wildman–Crippen MR) is 127 cm³/mol. The van der Waals surface area contributed by atoms with Crippen LogP contribution in [-0.2, 0) is 4.74 Å². The van der Waals surface area contributed by atoms with E-state index in [1.165, 1.54) is 17.0 Å². The number of para-hydroxylation sites is 1. The number of morpholine rings is 1. The van der Waals surface area contributed by atoms with E-state index in [1.807, 2.05) is 42.5 Å². The Morgan fingerprint density at radius 3 is 2.48 bits per heavy atom. The van der Waals surface area contributed by atoms with Gasteiger partial charge in [-0.1, -0.05) is 29.5 Å². The predicted octanol–water partition coefficient (Wildman–Crippen LogP) is 5.13. The molecule has 0 spiro atoms. The summed E-state index contributed by atoms with van der Waals surface area (Å²) in [6.07, 6.45) is 0. The molecule has 0 radical (unpaired) electrons. The number of aromatic nitrogens is 1. The topological polar surface area (TPSA) is 66.5 Å². The van der Waals surface area contributed by atoms with Crippen LogP contribution in [0.25, 0.3) is 10.2 Å². The lowest BCUT2D eigenvalue weighted by atomic mass is 10.2. The largest absolute Gasteiger partial charge is 0.378 e. The average Bonchev–Trinajstić information content (AvgIpc) is 3.22. The maximum absolute atomic E-state index is 12.6. The second kappa shape index (κ2) is 8.75. The molecule has 5 rings (SSSR count). The lowest BCUT2D eigenvalue weighted by Gasteiger charge is -2.28. The summed E-state index contributed by atoms with van der Waals surface area (Å²) in [5, 5.41) is 7.10. The molecule has 1 saturated heterocycles. The van der Waals surface area contributed by atoms with Gasteiger partial charge in [-0.15, -0.1) is 0 Å². The molecule has 0 aliphatic carbocycles. The van der Waals surface area contributed by atoms with Gasteiger partial charge in [-0.2, -0.15) is 0 Å². The molecule has 1 aromatic heterocycles. The van der Waals surface area contributed by atoms with E-state index in [0.717, 1.165) is 53.0 Å². The number of anilines is 4. The summed E-state index contributed by atoms with van der Waals surface area (Å²) in [6, 6.07) is 23.4. The minimum absolute atomic E-state index is 0.130. The van der Waals surface area contributed by atoms with Crippen LogP contribution in [0.5, 0.6) is 0 Å². The van der Waals surface area contributed by atoms with Crippen molar-refractivity contribution in [1.29, 1.82) is 0 Å². The number of amides is 1. The van der Waals surface area contributed by atoms with Crippen LogP contribution in [-0.4, -0.2) is 37.2 Å². The zero-order valence-electron chi connectivity index (χ0n) is 16.9. The van der Waals surface area contributed by atoms with Crippen LogP contribution in [0.1, 0.15) is 10.4 Å². The van der Waals surface area contributed by atoms with E-state index >= 15 is 0 Å². The lowest BCUT2D eigenvalue weighted by Crippen LogP contribution is -2.36. The van der Waals surface area contributed by atoms with Crippen molar-refractivity contribution >= 4 is 49.7 Å². The van der Waals surface area contributed by atoms with E-state index < -0.39 is 0 Å². The van der Waals surface area contributed by atoms with Gasteiger partial charge < -0.3 is 20.3 Å². The normalized spacial score (nSPS) is 13.9. The van der Waals surface area contributed by atoms with E-state index in [4.69, 9.17) is 4.74 Å². The van der Waals surface area contributed by atoms with Crippen molar-refractivity contribution in [3.63, 3.8) is 0 Å². The minimum Gasteiger partial charge on any atom is -0.378 e. The van der Waals surface area contributed by atoms with Crippen molar-refractivity contribution in [1.82, 2.24) is 4.98 Å². The van der Waals surface area contributed by atoms with E-state index in [2.05, 4.69) is 44.8 Å². The van der Waals surface area contributed by atoms with Crippen molar-refractivity contribution in [2.75, 3.05) is 41.8 Å². The first-order chi connectivity index (χ1) is 15.2. The van der Waals surface area contributed by atoms with Gasteiger partial charge in [0, 0.05) is 35.7 Å². The molecule has 4 aromatic rings. The number of nitrogens with zero attached hydrogens (tertiary/aromatic N) is 2. The van der Waals surface area contributed by atoms with Gasteiger partial charge in [-0.25, -0.2) is 4.98 Å². The maximum Gasteiger partial charge on any atom is 0.255 e. The Balaban J connectivity index is 1.29. The van der Waals surface area contributed by atoms with Gasteiger partial charge in [-0.3, -0.25) is 4.79 Å². The van der Waals surface area contributed by atoms with Gasteiger partial charge in [-0.05, 0) is 54.6 Å². The summed E-state index contributed by atoms with van der Waals surface area (Å²) in [5.41, 5.74) is 4.44. The van der Waals surface area contributed by atoms with E-state index in [0.29, 0.717) is 5.56 Å². The van der Waals surface area contributed by atoms with Crippen LogP contribution < -0.4 is 15.5 Å². The molecule has 2 N–H and O–H groups in total. The molecule has 6 nitrogen and oxygen atoms in total. The SMILES string of the molecule is O=C(Nc1ccccc1)c1ccc2nc(Nc3ccc(N4CCOCC4)cc3)sc2c1. The molecule has 2 heterocycles. The van der Waals surface area contributed by atoms with Gasteiger partial charge in [0.05, 0.1) is 23.4 Å². The van der Waals surface area contributed by atoms with Crippen molar-refractivity contribution < 1.29 is 9.53 Å². The third-order valence-electron chi connectivity index (χ3n) is 5.18. The Kier molecular flexibility index (Phi) is 5.52. The molecule has 31 heavy (non-hydrogen) atoms. The molecule has 0 saturated carbocycles. The summed E-state index contributed by atoms with van der Waals surface area (Å²) in [5.74, 6) is -0.130. The molecule has 1 fully saturated rings. The Labute approximate surface area is 184 Å². The smallest absolute Gasteiger partial charge is 0.255 e. The number of rotatable bonds is 5. The maximum atomic E-state index is 12.6.